The maximum Gasteiger partial charge on any atom is 0.266 e. The number of Topliss-reactive ketones (excluding diaryl/α,β-unsaturated/α-hetero) is 1. The summed E-state index contributed by atoms with van der Waals surface area (Å²) in [5.74, 6) is -0.455. The minimum absolute atomic E-state index is 0.0419. The third kappa shape index (κ3) is 7.94. The van der Waals surface area contributed by atoms with E-state index in [1.54, 1.807) is 6.07 Å². The van der Waals surface area contributed by atoms with E-state index >= 15 is 0 Å². The number of rotatable bonds is 12. The Labute approximate surface area is 278 Å². The van der Waals surface area contributed by atoms with Gasteiger partial charge in [0.1, 0.15) is 5.52 Å². The molecule has 8 heteroatoms. The largest absolute Gasteiger partial charge is 0.434 e. The average molecular weight is 636 g/mol. The van der Waals surface area contributed by atoms with Gasteiger partial charge in [-0.15, -0.1) is 0 Å². The normalized spacial score (nSPS) is 17.6. The van der Waals surface area contributed by atoms with Crippen molar-refractivity contribution >= 4 is 28.5 Å². The molecule has 0 radical (unpaired) electrons. The lowest BCUT2D eigenvalue weighted by molar-refractivity contribution is -0.123. The summed E-state index contributed by atoms with van der Waals surface area (Å²) < 4.78 is 5.75. The van der Waals surface area contributed by atoms with Crippen LogP contribution in [0.5, 0.6) is 0 Å². The third-order valence-corrected chi connectivity index (χ3v) is 9.76. The number of benzene rings is 3. The Bertz CT molecular complexity index is 1580. The number of para-hydroxylation sites is 2. The number of carbonyl (C=O) groups excluding carboxylic acids is 2. The molecule has 1 aromatic heterocycles. The molecule has 47 heavy (non-hydrogen) atoms. The lowest BCUT2D eigenvalue weighted by atomic mass is 9.88. The first-order valence-corrected chi connectivity index (χ1v) is 17.5. The minimum Gasteiger partial charge on any atom is -0.434 e. The van der Waals surface area contributed by atoms with Crippen molar-refractivity contribution in [2.45, 2.75) is 70.9 Å². The first kappa shape index (κ1) is 32.9. The van der Waals surface area contributed by atoms with Crippen molar-refractivity contribution in [3.05, 3.63) is 84.3 Å². The van der Waals surface area contributed by atoms with E-state index < -0.39 is 6.04 Å². The first-order valence-electron chi connectivity index (χ1n) is 17.5. The minimum atomic E-state index is -0.694. The van der Waals surface area contributed by atoms with Crippen LogP contribution in [0.2, 0.25) is 0 Å². The summed E-state index contributed by atoms with van der Waals surface area (Å²) in [6.45, 7) is 12.9. The number of aromatic nitrogens is 1. The van der Waals surface area contributed by atoms with E-state index in [1.807, 2.05) is 25.1 Å². The zero-order valence-corrected chi connectivity index (χ0v) is 28.1. The Balaban J connectivity index is 1.10. The van der Waals surface area contributed by atoms with Gasteiger partial charge in [0.2, 0.25) is 11.7 Å². The molecule has 2 atom stereocenters. The molecule has 3 aromatic carbocycles. The third-order valence-electron chi connectivity index (χ3n) is 9.76. The first-order chi connectivity index (χ1) is 22.9. The molecule has 2 aliphatic rings. The van der Waals surface area contributed by atoms with Gasteiger partial charge in [0.15, 0.2) is 5.58 Å². The fourth-order valence-electron chi connectivity index (χ4n) is 7.11. The Hall–Kier alpha value is -4.01. The van der Waals surface area contributed by atoms with Crippen molar-refractivity contribution in [3.8, 4) is 11.1 Å². The van der Waals surface area contributed by atoms with Crippen molar-refractivity contribution in [2.75, 3.05) is 44.2 Å². The highest BCUT2D eigenvalue weighted by Crippen LogP contribution is 2.30. The van der Waals surface area contributed by atoms with Gasteiger partial charge >= 0.3 is 0 Å². The van der Waals surface area contributed by atoms with Crippen LogP contribution in [0.3, 0.4) is 0 Å². The van der Waals surface area contributed by atoms with Crippen molar-refractivity contribution < 1.29 is 14.0 Å². The van der Waals surface area contributed by atoms with Gasteiger partial charge in [-0.25, -0.2) is 4.98 Å². The van der Waals surface area contributed by atoms with Crippen molar-refractivity contribution in [3.63, 3.8) is 0 Å². The Morgan fingerprint density at radius 1 is 0.915 bits per heavy atom. The number of fused-ring (bicyclic) bond motifs is 1. The van der Waals surface area contributed by atoms with Crippen LogP contribution in [-0.2, 0) is 4.79 Å². The topological polar surface area (TPSA) is 90.7 Å². The van der Waals surface area contributed by atoms with E-state index in [4.69, 9.17) is 4.42 Å². The number of hydrogen-bond donors (Lipinski definition) is 2. The Kier molecular flexibility index (Phi) is 10.7. The number of carbonyl (C=O) groups is 2. The molecule has 8 nitrogen and oxygen atoms in total. The van der Waals surface area contributed by atoms with Gasteiger partial charge in [-0.3, -0.25) is 14.5 Å². The summed E-state index contributed by atoms with van der Waals surface area (Å²) in [5, 5.41) is 6.55. The van der Waals surface area contributed by atoms with E-state index in [0.717, 1.165) is 68.4 Å². The molecule has 0 saturated carbocycles. The van der Waals surface area contributed by atoms with E-state index in [-0.39, 0.29) is 23.5 Å². The molecule has 2 unspecified atom stereocenters. The molecule has 2 saturated heterocycles. The molecule has 2 fully saturated rings. The van der Waals surface area contributed by atoms with Gasteiger partial charge in [-0.05, 0) is 85.6 Å². The van der Waals surface area contributed by atoms with Gasteiger partial charge in [-0.1, -0.05) is 75.7 Å². The summed E-state index contributed by atoms with van der Waals surface area (Å²) in [4.78, 5) is 36.8. The number of anilines is 1. The second kappa shape index (κ2) is 15.3. The molecule has 2 N–H and O–H groups in total. The molecule has 0 aliphatic carbocycles. The molecule has 0 spiro atoms. The maximum absolute atomic E-state index is 13.8. The van der Waals surface area contributed by atoms with Crippen LogP contribution in [0.15, 0.2) is 77.2 Å². The molecule has 6 rings (SSSR count). The summed E-state index contributed by atoms with van der Waals surface area (Å²) >= 11 is 0. The molecule has 2 aliphatic heterocycles. The predicted molar refractivity (Wildman–Crippen MR) is 189 cm³/mol. The monoisotopic (exact) mass is 635 g/mol. The smallest absolute Gasteiger partial charge is 0.266 e. The average Bonchev–Trinajstić information content (AvgIpc) is 3.55. The predicted octanol–water partition coefficient (Wildman–Crippen LogP) is 6.67. The number of amides is 1. The van der Waals surface area contributed by atoms with Crippen LogP contribution >= 0.6 is 0 Å². The zero-order valence-electron chi connectivity index (χ0n) is 28.1. The van der Waals surface area contributed by atoms with Crippen LogP contribution < -0.4 is 15.5 Å². The van der Waals surface area contributed by atoms with Gasteiger partial charge in [0.25, 0.3) is 5.89 Å². The second-order valence-electron chi connectivity index (χ2n) is 13.6. The highest BCUT2D eigenvalue weighted by molar-refractivity contribution is 6.00. The van der Waals surface area contributed by atoms with E-state index in [9.17, 15) is 9.59 Å². The fourth-order valence-corrected chi connectivity index (χ4v) is 7.11. The molecular weight excluding hydrogens is 586 g/mol. The SMILES string of the molecule is CCCC(NC(=O)C(CC(C)C)c1ccc(-c2ccc(N3CCN(C4CCNCC4)CC3)cc2)cc1)C(=O)c1nc2ccccc2o1. The number of hydrogen-bond acceptors (Lipinski definition) is 7. The molecule has 0 bridgehead atoms. The summed E-state index contributed by atoms with van der Waals surface area (Å²) in [5.41, 5.74) is 5.71. The quantitative estimate of drug-likeness (QED) is 0.168. The molecular formula is C39H49N5O3. The summed E-state index contributed by atoms with van der Waals surface area (Å²) in [6, 6.07) is 24.6. The van der Waals surface area contributed by atoms with E-state index in [2.05, 4.69) is 87.8 Å². The Morgan fingerprint density at radius 3 is 2.21 bits per heavy atom. The number of nitrogens with one attached hydrogen (secondary N) is 2. The van der Waals surface area contributed by atoms with Gasteiger partial charge < -0.3 is 20.0 Å². The maximum atomic E-state index is 13.8. The molecule has 248 valence electrons. The van der Waals surface area contributed by atoms with Crippen LogP contribution in [0, 0.1) is 5.92 Å². The Morgan fingerprint density at radius 2 is 1.57 bits per heavy atom. The fraction of sp³-hybridized carbons (Fsp3) is 0.462. The number of piperidine rings is 1. The highest BCUT2D eigenvalue weighted by Gasteiger charge is 2.30. The van der Waals surface area contributed by atoms with E-state index in [1.165, 1.54) is 18.5 Å². The van der Waals surface area contributed by atoms with Crippen molar-refractivity contribution in [1.82, 2.24) is 20.5 Å². The zero-order chi connectivity index (χ0) is 32.8. The van der Waals surface area contributed by atoms with Crippen molar-refractivity contribution in [1.29, 1.82) is 0 Å². The van der Waals surface area contributed by atoms with E-state index in [0.29, 0.717) is 29.9 Å². The van der Waals surface area contributed by atoms with Crippen molar-refractivity contribution in [2.24, 2.45) is 5.92 Å². The molecule has 1 amide bonds. The lowest BCUT2D eigenvalue weighted by Gasteiger charge is -2.41. The lowest BCUT2D eigenvalue weighted by Crippen LogP contribution is -2.52. The standard InChI is InChI=1S/C39H49N5O3/c1-4-7-35(37(45)39-42-34-8-5-6-9-36(34)47-39)41-38(46)33(26-27(2)3)30-12-10-28(11-13-30)29-14-16-31(17-15-29)43-22-24-44(25-23-43)32-18-20-40-21-19-32/h5-6,8-17,27,32-33,35,40H,4,7,18-26H2,1-3H3,(H,41,46). The van der Waals surface area contributed by atoms with Crippen LogP contribution in [0.25, 0.3) is 22.2 Å². The number of nitrogens with zero attached hydrogens (tertiary/aromatic N) is 3. The number of oxazole rings is 1. The van der Waals surface area contributed by atoms with Crippen LogP contribution in [-0.4, -0.2) is 72.9 Å². The number of ketones is 1. The molecule has 3 heterocycles. The van der Waals surface area contributed by atoms with Gasteiger partial charge in [0, 0.05) is 37.9 Å². The summed E-state index contributed by atoms with van der Waals surface area (Å²) in [7, 11) is 0. The van der Waals surface area contributed by atoms with Crippen LogP contribution in [0.1, 0.15) is 75.0 Å². The second-order valence-corrected chi connectivity index (χ2v) is 13.6. The molecule has 4 aromatic rings. The number of piperazine rings is 1. The van der Waals surface area contributed by atoms with Gasteiger partial charge in [-0.2, -0.15) is 0 Å². The highest BCUT2D eigenvalue weighted by atomic mass is 16.4. The summed E-state index contributed by atoms with van der Waals surface area (Å²) in [6.07, 6.45) is 4.46. The van der Waals surface area contributed by atoms with Gasteiger partial charge in [0.05, 0.1) is 12.0 Å². The van der Waals surface area contributed by atoms with Crippen LogP contribution in [0.4, 0.5) is 5.69 Å².